The second-order valence-corrected chi connectivity index (χ2v) is 9.78. The topological polar surface area (TPSA) is 109 Å². The summed E-state index contributed by atoms with van der Waals surface area (Å²) < 4.78 is 28.5. The van der Waals surface area contributed by atoms with Gasteiger partial charge < -0.3 is 28.6 Å². The number of nitrogens with zero attached hydrogens (tertiary/aromatic N) is 3. The number of benzene rings is 2. The van der Waals surface area contributed by atoms with E-state index in [1.54, 1.807) is 23.0 Å². The Hall–Kier alpha value is -4.70. The zero-order valence-corrected chi connectivity index (χ0v) is 21.7. The van der Waals surface area contributed by atoms with Crippen LogP contribution in [-0.2, 0) is 11.3 Å². The maximum Gasteiger partial charge on any atom is 0.355 e. The molecule has 0 amide bonds. The number of ether oxygens (including phenoxy) is 1. The zero-order chi connectivity index (χ0) is 27.3. The molecule has 198 valence electrons. The first kappa shape index (κ1) is 24.6. The zero-order valence-electron chi connectivity index (χ0n) is 21.7. The molecule has 0 atom stereocenters. The SMILES string of the molecule is Cc1cc2[nH]cnc2cc1Cn1c(C(=O)OCCN(C)C)c(-c2ccc[nH]c2=O)c2c3occc3c(F)cc21. The number of aryl methyl sites for hydroxylation is 1. The van der Waals surface area contributed by atoms with Crippen molar-refractivity contribution in [2.24, 2.45) is 0 Å². The van der Waals surface area contributed by atoms with Gasteiger partial charge in [0.15, 0.2) is 0 Å². The molecule has 4 heterocycles. The predicted molar refractivity (Wildman–Crippen MR) is 146 cm³/mol. The molecule has 0 aliphatic carbocycles. The van der Waals surface area contributed by atoms with Gasteiger partial charge in [0.1, 0.15) is 23.7 Å². The van der Waals surface area contributed by atoms with E-state index in [9.17, 15) is 9.59 Å². The number of likely N-dealkylation sites (N-methyl/N-ethyl adjacent to an activating group) is 1. The Morgan fingerprint density at radius 3 is 2.85 bits per heavy atom. The number of rotatable bonds is 7. The first-order valence-electron chi connectivity index (χ1n) is 12.5. The summed E-state index contributed by atoms with van der Waals surface area (Å²) in [6.45, 7) is 2.82. The van der Waals surface area contributed by atoms with Gasteiger partial charge in [-0.25, -0.2) is 14.2 Å². The van der Waals surface area contributed by atoms with Crippen LogP contribution >= 0.6 is 0 Å². The number of carbonyl (C=O) groups excluding carboxylic acids is 1. The molecule has 2 aromatic carbocycles. The summed E-state index contributed by atoms with van der Waals surface area (Å²) >= 11 is 0. The molecule has 9 nitrogen and oxygen atoms in total. The minimum absolute atomic E-state index is 0.140. The molecular weight excluding hydrogens is 501 g/mol. The maximum absolute atomic E-state index is 15.4. The number of carbonyl (C=O) groups is 1. The molecule has 2 N–H and O–H groups in total. The molecule has 10 heteroatoms. The molecule has 0 saturated carbocycles. The smallest absolute Gasteiger partial charge is 0.355 e. The molecule has 0 fully saturated rings. The first-order valence-corrected chi connectivity index (χ1v) is 12.5. The third kappa shape index (κ3) is 4.18. The van der Waals surface area contributed by atoms with Crippen molar-refractivity contribution in [2.75, 3.05) is 27.2 Å². The second-order valence-electron chi connectivity index (χ2n) is 9.78. The van der Waals surface area contributed by atoms with Crippen molar-refractivity contribution in [3.8, 4) is 11.1 Å². The summed E-state index contributed by atoms with van der Waals surface area (Å²) in [5.41, 5.74) is 4.49. The predicted octanol–water partition coefficient (Wildman–Crippen LogP) is 4.83. The fourth-order valence-corrected chi connectivity index (χ4v) is 5.03. The Bertz CT molecular complexity index is 1930. The molecule has 4 aromatic heterocycles. The number of fused-ring (bicyclic) bond motifs is 4. The van der Waals surface area contributed by atoms with Crippen LogP contribution in [0, 0.1) is 12.7 Å². The van der Waals surface area contributed by atoms with E-state index in [1.165, 1.54) is 24.6 Å². The molecule has 0 radical (unpaired) electrons. The van der Waals surface area contributed by atoms with Gasteiger partial charge in [-0.15, -0.1) is 0 Å². The van der Waals surface area contributed by atoms with Gasteiger partial charge in [0.05, 0.1) is 45.5 Å². The molecule has 0 unspecified atom stereocenters. The van der Waals surface area contributed by atoms with Gasteiger partial charge in [0.25, 0.3) is 5.56 Å². The summed E-state index contributed by atoms with van der Waals surface area (Å²) in [6.07, 6.45) is 4.54. The van der Waals surface area contributed by atoms with Gasteiger partial charge in [0.2, 0.25) is 0 Å². The summed E-state index contributed by atoms with van der Waals surface area (Å²) in [4.78, 5) is 39.0. The Kier molecular flexibility index (Phi) is 6.03. The van der Waals surface area contributed by atoms with E-state index in [1.807, 2.05) is 38.1 Å². The number of furan rings is 1. The summed E-state index contributed by atoms with van der Waals surface area (Å²) in [5.74, 6) is -1.12. The lowest BCUT2D eigenvalue weighted by Crippen LogP contribution is -2.22. The Morgan fingerprint density at radius 2 is 2.05 bits per heavy atom. The Balaban J connectivity index is 1.67. The van der Waals surface area contributed by atoms with Crippen LogP contribution < -0.4 is 5.56 Å². The van der Waals surface area contributed by atoms with Gasteiger partial charge in [-0.2, -0.15) is 0 Å². The fourth-order valence-electron chi connectivity index (χ4n) is 5.03. The number of esters is 1. The van der Waals surface area contributed by atoms with Crippen molar-refractivity contribution < 1.29 is 18.3 Å². The molecule has 6 aromatic rings. The van der Waals surface area contributed by atoms with Crippen LogP contribution in [-0.4, -0.2) is 57.6 Å². The lowest BCUT2D eigenvalue weighted by molar-refractivity contribution is 0.0471. The molecule has 6 rings (SSSR count). The number of halogens is 1. The number of H-pyrrole nitrogens is 2. The highest BCUT2D eigenvalue weighted by Gasteiger charge is 2.30. The minimum Gasteiger partial charge on any atom is -0.463 e. The Morgan fingerprint density at radius 1 is 1.21 bits per heavy atom. The average Bonchev–Trinajstić information content (AvgIpc) is 3.62. The molecular formula is C29H26FN5O4. The van der Waals surface area contributed by atoms with Gasteiger partial charge in [0, 0.05) is 24.8 Å². The molecule has 39 heavy (non-hydrogen) atoms. The third-order valence-electron chi connectivity index (χ3n) is 6.98. The summed E-state index contributed by atoms with van der Waals surface area (Å²) in [6, 6.07) is 10.1. The van der Waals surface area contributed by atoms with E-state index in [0.29, 0.717) is 23.0 Å². The van der Waals surface area contributed by atoms with Crippen molar-refractivity contribution in [3.05, 3.63) is 88.2 Å². The Labute approximate surface area is 221 Å². The van der Waals surface area contributed by atoms with E-state index in [-0.39, 0.29) is 35.4 Å². The van der Waals surface area contributed by atoms with Gasteiger partial charge in [-0.05, 0) is 68.5 Å². The van der Waals surface area contributed by atoms with Crippen LogP contribution in [0.25, 0.3) is 44.0 Å². The summed E-state index contributed by atoms with van der Waals surface area (Å²) in [5, 5.41) is 0.723. The molecule has 0 aliphatic rings. The number of hydrogen-bond donors (Lipinski definition) is 2. The highest BCUT2D eigenvalue weighted by molar-refractivity contribution is 6.17. The van der Waals surface area contributed by atoms with Gasteiger partial charge in [-0.3, -0.25) is 4.79 Å². The molecule has 0 saturated heterocycles. The van der Waals surface area contributed by atoms with E-state index in [2.05, 4.69) is 15.0 Å². The summed E-state index contributed by atoms with van der Waals surface area (Å²) in [7, 11) is 3.76. The highest BCUT2D eigenvalue weighted by atomic mass is 19.1. The second kappa shape index (κ2) is 9.55. The monoisotopic (exact) mass is 527 g/mol. The van der Waals surface area contributed by atoms with Crippen LogP contribution in [0.5, 0.6) is 0 Å². The van der Waals surface area contributed by atoms with Crippen LogP contribution in [0.3, 0.4) is 0 Å². The standard InChI is InChI=1S/C29H26FN5O4/c1-16-11-21-22(33-15-32-21)12-17(16)14-35-23-13-20(30)18-6-9-38-27(18)25(23)24(19-5-4-7-31-28(19)36)26(35)29(37)39-10-8-34(2)3/h4-7,9,11-13,15H,8,10,14H2,1-3H3,(H,31,36)(H,32,33). The highest BCUT2D eigenvalue weighted by Crippen LogP contribution is 2.40. The van der Waals surface area contributed by atoms with Crippen LogP contribution in [0.2, 0.25) is 0 Å². The molecule has 0 aliphatic heterocycles. The lowest BCUT2D eigenvalue weighted by Gasteiger charge is -2.15. The van der Waals surface area contributed by atoms with Crippen molar-refractivity contribution in [1.82, 2.24) is 24.4 Å². The van der Waals surface area contributed by atoms with E-state index < -0.39 is 17.3 Å². The number of aromatic amines is 2. The number of imidazole rings is 1. The van der Waals surface area contributed by atoms with Crippen molar-refractivity contribution in [3.63, 3.8) is 0 Å². The quantitative estimate of drug-likeness (QED) is 0.288. The normalized spacial score (nSPS) is 11.8. The van der Waals surface area contributed by atoms with Crippen LogP contribution in [0.1, 0.15) is 21.6 Å². The van der Waals surface area contributed by atoms with Crippen LogP contribution in [0.15, 0.2) is 64.4 Å². The fraction of sp³-hybridized carbons (Fsp3) is 0.207. The number of aromatic nitrogens is 4. The average molecular weight is 528 g/mol. The number of nitrogens with one attached hydrogen (secondary N) is 2. The molecule has 0 spiro atoms. The van der Waals surface area contributed by atoms with E-state index in [4.69, 9.17) is 9.15 Å². The number of pyridine rings is 1. The van der Waals surface area contributed by atoms with E-state index in [0.717, 1.165) is 22.2 Å². The largest absolute Gasteiger partial charge is 0.463 e. The van der Waals surface area contributed by atoms with Crippen LogP contribution in [0.4, 0.5) is 4.39 Å². The van der Waals surface area contributed by atoms with Crippen molar-refractivity contribution in [2.45, 2.75) is 13.5 Å². The van der Waals surface area contributed by atoms with Gasteiger partial charge >= 0.3 is 5.97 Å². The minimum atomic E-state index is -0.620. The maximum atomic E-state index is 15.4. The third-order valence-corrected chi connectivity index (χ3v) is 6.98. The van der Waals surface area contributed by atoms with Crippen molar-refractivity contribution >= 4 is 38.9 Å². The number of hydrogen-bond acceptors (Lipinski definition) is 6. The lowest BCUT2D eigenvalue weighted by atomic mass is 10.0. The van der Waals surface area contributed by atoms with Gasteiger partial charge in [-0.1, -0.05) is 0 Å². The van der Waals surface area contributed by atoms with E-state index >= 15 is 4.39 Å². The molecule has 0 bridgehead atoms. The first-order chi connectivity index (χ1) is 18.8. The van der Waals surface area contributed by atoms with Crippen molar-refractivity contribution in [1.29, 1.82) is 0 Å².